The molecule has 1 heterocycles. The average Bonchev–Trinajstić information content (AvgIpc) is 3.03. The number of hydrogen-bond acceptors (Lipinski definition) is 5. The van der Waals surface area contributed by atoms with Crippen LogP contribution in [0.15, 0.2) is 34.6 Å². The Morgan fingerprint density at radius 3 is 2.58 bits per heavy atom. The maximum Gasteiger partial charge on any atom is 0.337 e. The van der Waals surface area contributed by atoms with E-state index in [2.05, 4.69) is 25.6 Å². The minimum atomic E-state index is -0.316. The molecule has 1 aromatic heterocycles. The summed E-state index contributed by atoms with van der Waals surface area (Å²) in [5.74, 6) is 0.515. The van der Waals surface area contributed by atoms with Crippen molar-refractivity contribution < 1.29 is 9.53 Å². The fourth-order valence-electron chi connectivity index (χ4n) is 2.43. The van der Waals surface area contributed by atoms with Crippen LogP contribution in [0.2, 0.25) is 0 Å². The van der Waals surface area contributed by atoms with Crippen molar-refractivity contribution in [3.05, 3.63) is 51.5 Å². The Morgan fingerprint density at radius 2 is 2.04 bits per heavy atom. The number of carbonyl (C=O) groups excluding carboxylic acids is 1. The number of esters is 1. The summed E-state index contributed by atoms with van der Waals surface area (Å²) in [7, 11) is 5.15. The van der Waals surface area contributed by atoms with Crippen molar-refractivity contribution in [2.45, 2.75) is 19.9 Å². The van der Waals surface area contributed by atoms with Crippen LogP contribution in [-0.2, 0) is 17.7 Å². The fourth-order valence-corrected chi connectivity index (χ4v) is 3.03. The molecule has 0 aliphatic carbocycles. The highest BCUT2D eigenvalue weighted by Gasteiger charge is 2.09. The molecule has 0 aliphatic rings. The van der Waals surface area contributed by atoms with E-state index in [4.69, 9.17) is 4.74 Å². The Morgan fingerprint density at radius 1 is 1.35 bits per heavy atom. The molecule has 0 fully saturated rings. The molecular formula is C18H25IN4O2S. The molecule has 142 valence electrons. The first-order valence-electron chi connectivity index (χ1n) is 8.03. The molecular weight excluding hydrogens is 463 g/mol. The third-order valence-electron chi connectivity index (χ3n) is 3.71. The molecule has 26 heavy (non-hydrogen) atoms. The highest BCUT2D eigenvalue weighted by Crippen LogP contribution is 2.10. The lowest BCUT2D eigenvalue weighted by Crippen LogP contribution is -2.39. The van der Waals surface area contributed by atoms with Gasteiger partial charge in [0.05, 0.1) is 29.9 Å². The van der Waals surface area contributed by atoms with Crippen LogP contribution in [0.4, 0.5) is 0 Å². The number of rotatable bonds is 6. The van der Waals surface area contributed by atoms with E-state index in [0.717, 1.165) is 41.7 Å². The van der Waals surface area contributed by atoms with Crippen molar-refractivity contribution >= 4 is 47.2 Å². The van der Waals surface area contributed by atoms with E-state index in [-0.39, 0.29) is 29.9 Å². The van der Waals surface area contributed by atoms with Crippen LogP contribution in [0.5, 0.6) is 0 Å². The van der Waals surface area contributed by atoms with Crippen LogP contribution >= 0.6 is 35.3 Å². The number of halogens is 1. The SMILES string of the molecule is CN=C(NCCc1ccc(C(=O)OC)cc1)N(C)Cc1csc(C)n1.I. The van der Waals surface area contributed by atoms with Gasteiger partial charge in [0.2, 0.25) is 0 Å². The van der Waals surface area contributed by atoms with Gasteiger partial charge in [-0.05, 0) is 31.0 Å². The number of aromatic nitrogens is 1. The Kier molecular flexibility index (Phi) is 9.57. The first-order valence-corrected chi connectivity index (χ1v) is 8.91. The van der Waals surface area contributed by atoms with Gasteiger partial charge in [-0.3, -0.25) is 4.99 Å². The molecule has 0 bridgehead atoms. The molecule has 0 amide bonds. The highest BCUT2D eigenvalue weighted by molar-refractivity contribution is 14.0. The van der Waals surface area contributed by atoms with Gasteiger partial charge >= 0.3 is 5.97 Å². The number of benzene rings is 1. The lowest BCUT2D eigenvalue weighted by molar-refractivity contribution is 0.0600. The first-order chi connectivity index (χ1) is 12.0. The number of nitrogens with one attached hydrogen (secondary N) is 1. The lowest BCUT2D eigenvalue weighted by atomic mass is 10.1. The van der Waals surface area contributed by atoms with Gasteiger partial charge < -0.3 is 15.0 Å². The van der Waals surface area contributed by atoms with E-state index in [1.807, 2.05) is 26.1 Å². The van der Waals surface area contributed by atoms with Crippen LogP contribution in [0.25, 0.3) is 0 Å². The summed E-state index contributed by atoms with van der Waals surface area (Å²) in [6, 6.07) is 7.45. The van der Waals surface area contributed by atoms with Gasteiger partial charge in [0, 0.05) is 26.0 Å². The zero-order valence-corrected chi connectivity index (χ0v) is 18.6. The Hall–Kier alpha value is -1.68. The number of aliphatic imine (C=N–C) groups is 1. The number of guanidine groups is 1. The minimum Gasteiger partial charge on any atom is -0.465 e. The largest absolute Gasteiger partial charge is 0.465 e. The third kappa shape index (κ3) is 6.56. The summed E-state index contributed by atoms with van der Waals surface area (Å²) in [4.78, 5) is 22.3. The maximum absolute atomic E-state index is 11.4. The van der Waals surface area contributed by atoms with E-state index < -0.39 is 0 Å². The third-order valence-corrected chi connectivity index (χ3v) is 4.53. The molecule has 1 aromatic carbocycles. The minimum absolute atomic E-state index is 0. The summed E-state index contributed by atoms with van der Waals surface area (Å²) in [5.41, 5.74) is 2.76. The first kappa shape index (κ1) is 22.4. The Labute approximate surface area is 175 Å². The summed E-state index contributed by atoms with van der Waals surface area (Å²) in [6.45, 7) is 3.48. The second kappa shape index (κ2) is 11.1. The standard InChI is InChI=1S/C18H24N4O2S.HI/c1-13-21-16(12-25-13)11-22(3)18(19-2)20-10-9-14-5-7-15(8-6-14)17(23)24-4;/h5-8,12H,9-11H2,1-4H3,(H,19,20);1H. The molecule has 2 rings (SSSR count). The van der Waals surface area contributed by atoms with Crippen LogP contribution in [-0.4, -0.2) is 49.6 Å². The quantitative estimate of drug-likeness (QED) is 0.293. The molecule has 2 aromatic rings. The molecule has 8 heteroatoms. The average molecular weight is 488 g/mol. The molecule has 0 saturated carbocycles. The molecule has 0 radical (unpaired) electrons. The summed E-state index contributed by atoms with van der Waals surface area (Å²) < 4.78 is 4.70. The smallest absolute Gasteiger partial charge is 0.337 e. The predicted molar refractivity (Wildman–Crippen MR) is 117 cm³/mol. The van der Waals surface area contributed by atoms with E-state index in [0.29, 0.717) is 5.56 Å². The normalized spacial score (nSPS) is 10.8. The molecule has 0 spiro atoms. The molecule has 0 saturated heterocycles. The predicted octanol–water partition coefficient (Wildman–Crippen LogP) is 3.11. The van der Waals surface area contributed by atoms with Gasteiger partial charge in [-0.1, -0.05) is 12.1 Å². The van der Waals surface area contributed by atoms with Gasteiger partial charge in [-0.15, -0.1) is 35.3 Å². The molecule has 0 aliphatic heterocycles. The van der Waals surface area contributed by atoms with Crippen molar-refractivity contribution in [2.24, 2.45) is 4.99 Å². The highest BCUT2D eigenvalue weighted by atomic mass is 127. The van der Waals surface area contributed by atoms with Crippen molar-refractivity contribution in [2.75, 3.05) is 27.7 Å². The maximum atomic E-state index is 11.4. The molecule has 0 atom stereocenters. The van der Waals surface area contributed by atoms with Gasteiger partial charge in [0.1, 0.15) is 0 Å². The number of nitrogens with zero attached hydrogens (tertiary/aromatic N) is 3. The van der Waals surface area contributed by atoms with E-state index in [1.54, 1.807) is 30.5 Å². The van der Waals surface area contributed by atoms with Crippen LogP contribution < -0.4 is 5.32 Å². The van der Waals surface area contributed by atoms with Crippen molar-refractivity contribution in [1.82, 2.24) is 15.2 Å². The van der Waals surface area contributed by atoms with Gasteiger partial charge in [0.15, 0.2) is 5.96 Å². The topological polar surface area (TPSA) is 66.8 Å². The summed E-state index contributed by atoms with van der Waals surface area (Å²) in [6.07, 6.45) is 0.837. The monoisotopic (exact) mass is 488 g/mol. The van der Waals surface area contributed by atoms with Crippen molar-refractivity contribution in [3.63, 3.8) is 0 Å². The van der Waals surface area contributed by atoms with Crippen molar-refractivity contribution in [3.8, 4) is 0 Å². The van der Waals surface area contributed by atoms with Crippen LogP contribution in [0.1, 0.15) is 26.6 Å². The summed E-state index contributed by atoms with van der Waals surface area (Å²) in [5, 5.41) is 6.50. The number of aryl methyl sites for hydroxylation is 1. The number of methoxy groups -OCH3 is 1. The Bertz CT molecular complexity index is 731. The van der Waals surface area contributed by atoms with Gasteiger partial charge in [-0.25, -0.2) is 9.78 Å². The van der Waals surface area contributed by atoms with Crippen LogP contribution in [0.3, 0.4) is 0 Å². The lowest BCUT2D eigenvalue weighted by Gasteiger charge is -2.21. The number of carbonyl (C=O) groups is 1. The second-order valence-electron chi connectivity index (χ2n) is 5.63. The number of ether oxygens (including phenoxy) is 1. The van der Waals surface area contributed by atoms with Crippen LogP contribution in [0, 0.1) is 6.92 Å². The second-order valence-corrected chi connectivity index (χ2v) is 6.69. The fraction of sp³-hybridized carbons (Fsp3) is 0.389. The van der Waals surface area contributed by atoms with Gasteiger partial charge in [-0.2, -0.15) is 0 Å². The van der Waals surface area contributed by atoms with Crippen molar-refractivity contribution in [1.29, 1.82) is 0 Å². The zero-order valence-electron chi connectivity index (χ0n) is 15.5. The molecule has 6 nitrogen and oxygen atoms in total. The molecule has 0 unspecified atom stereocenters. The van der Waals surface area contributed by atoms with Gasteiger partial charge in [0.25, 0.3) is 0 Å². The number of hydrogen-bond donors (Lipinski definition) is 1. The van der Waals surface area contributed by atoms with E-state index >= 15 is 0 Å². The number of thiazole rings is 1. The zero-order chi connectivity index (χ0) is 18.2. The Balaban J connectivity index is 0.00000338. The van der Waals surface area contributed by atoms with E-state index in [1.165, 1.54) is 7.11 Å². The van der Waals surface area contributed by atoms with E-state index in [9.17, 15) is 4.79 Å². The summed E-state index contributed by atoms with van der Waals surface area (Å²) >= 11 is 1.65. The molecule has 1 N–H and O–H groups in total.